The number of benzene rings is 1. The average Bonchev–Trinajstić information content (AvgIpc) is 3.16. The number of hydrogen-bond acceptors (Lipinski definition) is 6. The lowest BCUT2D eigenvalue weighted by Gasteiger charge is -2.21. The number of ether oxygens (including phenoxy) is 3. The van der Waals surface area contributed by atoms with Gasteiger partial charge in [0.25, 0.3) is 5.72 Å². The van der Waals surface area contributed by atoms with Gasteiger partial charge in [0.2, 0.25) is 5.78 Å². The van der Waals surface area contributed by atoms with Gasteiger partial charge < -0.3 is 14.2 Å². The highest BCUT2D eigenvalue weighted by Crippen LogP contribution is 2.42. The van der Waals surface area contributed by atoms with Crippen molar-refractivity contribution < 1.29 is 19.0 Å². The number of thiophene rings is 1. The summed E-state index contributed by atoms with van der Waals surface area (Å²) in [4.78, 5) is 13.8. The van der Waals surface area contributed by atoms with E-state index < -0.39 is 5.72 Å². The fourth-order valence-corrected chi connectivity index (χ4v) is 3.66. The van der Waals surface area contributed by atoms with E-state index in [9.17, 15) is 4.79 Å². The molecule has 2 aromatic rings. The van der Waals surface area contributed by atoms with E-state index in [1.54, 1.807) is 13.0 Å². The number of allylic oxidation sites excluding steroid dienone is 1. The molecular formula is C19H21NO4S. The molecule has 0 fully saturated rings. The lowest BCUT2D eigenvalue weighted by molar-refractivity contribution is -0.129. The second-order valence-electron chi connectivity index (χ2n) is 5.63. The van der Waals surface area contributed by atoms with Gasteiger partial charge >= 0.3 is 0 Å². The number of ketones is 1. The Hall–Kier alpha value is -2.31. The molecule has 0 saturated carbocycles. The third kappa shape index (κ3) is 3.15. The molecule has 0 spiro atoms. The number of rotatable bonds is 6. The van der Waals surface area contributed by atoms with Crippen molar-refractivity contribution in [3.63, 3.8) is 0 Å². The van der Waals surface area contributed by atoms with Crippen molar-refractivity contribution in [1.29, 1.82) is 0 Å². The van der Waals surface area contributed by atoms with Gasteiger partial charge in [0.05, 0.1) is 23.7 Å². The summed E-state index contributed by atoms with van der Waals surface area (Å²) < 4.78 is 17.0. The molecule has 0 aliphatic carbocycles. The first-order chi connectivity index (χ1) is 12.0. The number of hydrogen-bond donors (Lipinski definition) is 1. The monoisotopic (exact) mass is 359 g/mol. The van der Waals surface area contributed by atoms with Crippen LogP contribution in [0.5, 0.6) is 11.5 Å². The van der Waals surface area contributed by atoms with Crippen LogP contribution in [0.2, 0.25) is 0 Å². The van der Waals surface area contributed by atoms with E-state index in [0.29, 0.717) is 46.5 Å². The van der Waals surface area contributed by atoms with Gasteiger partial charge in [-0.25, -0.2) is 0 Å². The highest BCUT2D eigenvalue weighted by molar-refractivity contribution is 7.10. The Kier molecular flexibility index (Phi) is 4.83. The lowest BCUT2D eigenvalue weighted by Crippen LogP contribution is -2.43. The maximum absolute atomic E-state index is 13.1. The minimum Gasteiger partial charge on any atom is -0.494 e. The fourth-order valence-electron chi connectivity index (χ4n) is 2.89. The van der Waals surface area contributed by atoms with E-state index >= 15 is 0 Å². The molecule has 0 bridgehead atoms. The SMILES string of the molecule is CCOc1cc(OCC)cc(C2=C(C)OC(N)(c3cccs3)C2=O)c1. The molecule has 0 amide bonds. The lowest BCUT2D eigenvalue weighted by atomic mass is 9.95. The first-order valence-corrected chi connectivity index (χ1v) is 9.06. The van der Waals surface area contributed by atoms with Gasteiger partial charge in [-0.05, 0) is 49.9 Å². The van der Waals surface area contributed by atoms with Crippen LogP contribution in [-0.4, -0.2) is 19.0 Å². The molecular weight excluding hydrogens is 338 g/mol. The summed E-state index contributed by atoms with van der Waals surface area (Å²) in [6, 6.07) is 9.09. The van der Waals surface area contributed by atoms with Crippen LogP contribution in [-0.2, 0) is 15.3 Å². The molecule has 1 aromatic carbocycles. The molecule has 3 rings (SSSR count). The molecule has 25 heavy (non-hydrogen) atoms. The molecule has 2 heterocycles. The van der Waals surface area contributed by atoms with Crippen molar-refractivity contribution in [2.24, 2.45) is 5.73 Å². The van der Waals surface area contributed by atoms with Crippen molar-refractivity contribution in [3.05, 3.63) is 51.9 Å². The number of Topliss-reactive ketones (excluding diaryl/α,β-unsaturated/α-hetero) is 1. The molecule has 6 heteroatoms. The minimum absolute atomic E-state index is 0.261. The number of nitrogens with two attached hydrogens (primary N) is 1. The van der Waals surface area contributed by atoms with Gasteiger partial charge in [-0.15, -0.1) is 11.3 Å². The molecule has 1 aromatic heterocycles. The quantitative estimate of drug-likeness (QED) is 0.852. The maximum atomic E-state index is 13.1. The van der Waals surface area contributed by atoms with Gasteiger partial charge in [0.15, 0.2) is 0 Å². The zero-order valence-electron chi connectivity index (χ0n) is 14.5. The van der Waals surface area contributed by atoms with Crippen LogP contribution >= 0.6 is 11.3 Å². The van der Waals surface area contributed by atoms with E-state index in [0.717, 1.165) is 0 Å². The second-order valence-corrected chi connectivity index (χ2v) is 6.58. The van der Waals surface area contributed by atoms with E-state index in [4.69, 9.17) is 19.9 Å². The van der Waals surface area contributed by atoms with E-state index in [-0.39, 0.29) is 5.78 Å². The fraction of sp³-hybridized carbons (Fsp3) is 0.316. The van der Waals surface area contributed by atoms with Crippen LogP contribution in [0.1, 0.15) is 31.2 Å². The smallest absolute Gasteiger partial charge is 0.257 e. The zero-order valence-corrected chi connectivity index (χ0v) is 15.3. The van der Waals surface area contributed by atoms with Gasteiger partial charge in [-0.3, -0.25) is 10.5 Å². The summed E-state index contributed by atoms with van der Waals surface area (Å²) in [5.74, 6) is 1.52. The van der Waals surface area contributed by atoms with Crippen LogP contribution in [0.15, 0.2) is 41.5 Å². The Morgan fingerprint density at radius 3 is 2.32 bits per heavy atom. The van der Waals surface area contributed by atoms with Gasteiger partial charge in [-0.1, -0.05) is 6.07 Å². The standard InChI is InChI=1S/C19H21NO4S/c1-4-22-14-9-13(10-15(11-14)23-5-2)17-12(3)24-19(20,18(17)21)16-7-6-8-25-16/h6-11H,4-5,20H2,1-3H3. The van der Waals surface area contributed by atoms with Gasteiger partial charge in [-0.2, -0.15) is 0 Å². The largest absolute Gasteiger partial charge is 0.494 e. The van der Waals surface area contributed by atoms with Crippen molar-refractivity contribution >= 4 is 22.7 Å². The topological polar surface area (TPSA) is 70.8 Å². The summed E-state index contributed by atoms with van der Waals surface area (Å²) in [5, 5.41) is 1.87. The van der Waals surface area contributed by atoms with Crippen molar-refractivity contribution in [2.75, 3.05) is 13.2 Å². The molecule has 0 radical (unpaired) electrons. The summed E-state index contributed by atoms with van der Waals surface area (Å²) in [6.07, 6.45) is 0. The normalized spacial score (nSPS) is 19.9. The highest BCUT2D eigenvalue weighted by Gasteiger charge is 2.48. The van der Waals surface area contributed by atoms with Crippen LogP contribution in [0, 0.1) is 0 Å². The Morgan fingerprint density at radius 1 is 1.16 bits per heavy atom. The molecule has 0 saturated heterocycles. The van der Waals surface area contributed by atoms with E-state index in [2.05, 4.69) is 0 Å². The zero-order chi connectivity index (χ0) is 18.0. The van der Waals surface area contributed by atoms with E-state index in [1.165, 1.54) is 11.3 Å². The van der Waals surface area contributed by atoms with Gasteiger partial charge in [0.1, 0.15) is 17.3 Å². The molecule has 1 atom stereocenters. The summed E-state index contributed by atoms with van der Waals surface area (Å²) >= 11 is 1.40. The third-order valence-corrected chi connectivity index (χ3v) is 4.89. The van der Waals surface area contributed by atoms with Gasteiger partial charge in [0, 0.05) is 6.07 Å². The minimum atomic E-state index is -1.47. The Bertz CT molecular complexity index is 789. The average molecular weight is 359 g/mol. The Balaban J connectivity index is 2.03. The molecule has 1 aliphatic heterocycles. The molecule has 132 valence electrons. The molecule has 1 unspecified atom stereocenters. The Morgan fingerprint density at radius 2 is 1.80 bits per heavy atom. The predicted octanol–water partition coefficient (Wildman–Crippen LogP) is 3.69. The van der Waals surface area contributed by atoms with Crippen molar-refractivity contribution in [2.45, 2.75) is 26.5 Å². The van der Waals surface area contributed by atoms with Crippen LogP contribution in [0.4, 0.5) is 0 Å². The third-order valence-electron chi connectivity index (χ3n) is 3.91. The number of carbonyl (C=O) groups excluding carboxylic acids is 1. The van der Waals surface area contributed by atoms with Crippen LogP contribution in [0.3, 0.4) is 0 Å². The predicted molar refractivity (Wildman–Crippen MR) is 97.7 cm³/mol. The van der Waals surface area contributed by atoms with E-state index in [1.807, 2.05) is 43.5 Å². The summed E-state index contributed by atoms with van der Waals surface area (Å²) in [7, 11) is 0. The number of carbonyl (C=O) groups is 1. The van der Waals surface area contributed by atoms with Crippen molar-refractivity contribution in [3.8, 4) is 11.5 Å². The Labute approximate surface area is 151 Å². The summed E-state index contributed by atoms with van der Waals surface area (Å²) in [5.41, 5.74) is 5.98. The molecule has 2 N–H and O–H groups in total. The molecule has 5 nitrogen and oxygen atoms in total. The highest BCUT2D eigenvalue weighted by atomic mass is 32.1. The molecule has 1 aliphatic rings. The van der Waals surface area contributed by atoms with Crippen LogP contribution < -0.4 is 15.2 Å². The van der Waals surface area contributed by atoms with Crippen molar-refractivity contribution in [1.82, 2.24) is 0 Å². The summed E-state index contributed by atoms with van der Waals surface area (Å²) in [6.45, 7) is 6.61. The first kappa shape index (κ1) is 17.5. The van der Waals surface area contributed by atoms with Crippen LogP contribution in [0.25, 0.3) is 5.57 Å². The first-order valence-electron chi connectivity index (χ1n) is 8.18. The maximum Gasteiger partial charge on any atom is 0.257 e. The second kappa shape index (κ2) is 6.90.